The molecule has 0 unspecified atom stereocenters. The first kappa shape index (κ1) is 23.3. The topological polar surface area (TPSA) is 45.6 Å². The van der Waals surface area contributed by atoms with E-state index in [1.807, 2.05) is 72.1 Å². The predicted molar refractivity (Wildman–Crippen MR) is 130 cm³/mol. The van der Waals surface area contributed by atoms with Gasteiger partial charge in [0, 0.05) is 17.0 Å². The minimum atomic E-state index is -0.670. The Balaban J connectivity index is 2.34. The number of hydrogen-bond donors (Lipinski definition) is 1. The van der Waals surface area contributed by atoms with Gasteiger partial charge in [-0.1, -0.05) is 36.4 Å². The number of halogens is 1. The van der Waals surface area contributed by atoms with Gasteiger partial charge in [-0.3, -0.25) is 4.98 Å². The van der Waals surface area contributed by atoms with Crippen molar-refractivity contribution < 1.29 is 9.84 Å². The van der Waals surface area contributed by atoms with Crippen LogP contribution in [0.4, 0.5) is 0 Å². The highest BCUT2D eigenvalue weighted by Gasteiger charge is 2.28. The first-order valence-corrected chi connectivity index (χ1v) is 10.7. The molecule has 0 aliphatic carbocycles. The van der Waals surface area contributed by atoms with Crippen LogP contribution in [0.2, 0.25) is 5.02 Å². The molecule has 1 atom stereocenters. The van der Waals surface area contributed by atoms with Gasteiger partial charge < -0.3 is 14.7 Å². The molecular formula is C26H31ClN2O2. The molecule has 1 heterocycles. The van der Waals surface area contributed by atoms with Gasteiger partial charge in [-0.05, 0) is 88.3 Å². The Morgan fingerprint density at radius 3 is 2.35 bits per heavy atom. The highest BCUT2D eigenvalue weighted by Crippen LogP contribution is 2.42. The van der Waals surface area contributed by atoms with Crippen molar-refractivity contribution in [3.63, 3.8) is 0 Å². The zero-order valence-electron chi connectivity index (χ0n) is 19.2. The van der Waals surface area contributed by atoms with E-state index < -0.39 is 11.7 Å². The monoisotopic (exact) mass is 438 g/mol. The van der Waals surface area contributed by atoms with Crippen LogP contribution < -0.4 is 0 Å². The Hall–Kier alpha value is -2.40. The average molecular weight is 439 g/mol. The summed E-state index contributed by atoms with van der Waals surface area (Å²) in [7, 11) is 4.06. The zero-order valence-corrected chi connectivity index (χ0v) is 19.9. The van der Waals surface area contributed by atoms with Gasteiger partial charge in [0.05, 0.1) is 16.8 Å². The van der Waals surface area contributed by atoms with Crippen LogP contribution in [-0.2, 0) is 11.3 Å². The lowest BCUT2D eigenvalue weighted by atomic mass is 9.88. The number of aliphatic hydroxyl groups excluding tert-OH is 1. The number of aliphatic hydroxyl groups is 1. The van der Waals surface area contributed by atoms with Crippen LogP contribution in [-0.4, -0.2) is 34.7 Å². The molecule has 0 aliphatic heterocycles. The molecule has 0 fully saturated rings. The number of aryl methyl sites for hydroxylation is 1. The van der Waals surface area contributed by atoms with Crippen molar-refractivity contribution in [1.29, 1.82) is 0 Å². The molecule has 31 heavy (non-hydrogen) atoms. The predicted octanol–water partition coefficient (Wildman–Crippen LogP) is 6.85. The maximum atomic E-state index is 10.5. The van der Waals surface area contributed by atoms with Crippen LogP contribution in [0.25, 0.3) is 22.0 Å². The van der Waals surface area contributed by atoms with Crippen molar-refractivity contribution in [2.75, 3.05) is 14.1 Å². The average Bonchev–Trinajstić information content (AvgIpc) is 2.64. The van der Waals surface area contributed by atoms with E-state index in [0.29, 0.717) is 5.02 Å². The lowest BCUT2D eigenvalue weighted by Gasteiger charge is -2.30. The van der Waals surface area contributed by atoms with Crippen LogP contribution in [0.1, 0.15) is 43.7 Å². The van der Waals surface area contributed by atoms with Crippen molar-refractivity contribution in [2.45, 2.75) is 45.9 Å². The van der Waals surface area contributed by atoms with Gasteiger partial charge in [-0.2, -0.15) is 0 Å². The largest absolute Gasteiger partial charge is 0.510 e. The van der Waals surface area contributed by atoms with Crippen molar-refractivity contribution >= 4 is 22.5 Å². The SMILES string of the molecule is C=C(O)[C@@H](OC(C)(C)C)c1c(C)cc2nc(CN(C)C)ccc2c1-c1ccc(Cl)cc1. The van der Waals surface area contributed by atoms with E-state index >= 15 is 0 Å². The smallest absolute Gasteiger partial charge is 0.140 e. The van der Waals surface area contributed by atoms with Gasteiger partial charge in [0.1, 0.15) is 11.9 Å². The zero-order chi connectivity index (χ0) is 22.9. The summed E-state index contributed by atoms with van der Waals surface area (Å²) in [5.74, 6) is -0.0234. The van der Waals surface area contributed by atoms with E-state index in [9.17, 15) is 5.11 Å². The molecule has 1 N–H and O–H groups in total. The second-order valence-electron chi connectivity index (χ2n) is 9.20. The molecule has 0 saturated heterocycles. The quantitative estimate of drug-likeness (QED) is 0.427. The minimum Gasteiger partial charge on any atom is -0.510 e. The number of pyridine rings is 1. The number of aromatic nitrogens is 1. The number of hydrogen-bond acceptors (Lipinski definition) is 4. The number of benzene rings is 2. The van der Waals surface area contributed by atoms with E-state index in [1.54, 1.807) is 0 Å². The summed E-state index contributed by atoms with van der Waals surface area (Å²) in [6.45, 7) is 12.5. The minimum absolute atomic E-state index is 0.0234. The van der Waals surface area contributed by atoms with Crippen molar-refractivity contribution in [2.24, 2.45) is 0 Å². The fraction of sp³-hybridized carbons (Fsp3) is 0.346. The second-order valence-corrected chi connectivity index (χ2v) is 9.63. The first-order valence-electron chi connectivity index (χ1n) is 10.4. The molecule has 0 saturated carbocycles. The Labute approximate surface area is 190 Å². The van der Waals surface area contributed by atoms with Crippen LogP contribution in [0, 0.1) is 6.92 Å². The molecule has 0 radical (unpaired) electrons. The molecule has 1 aromatic heterocycles. The maximum absolute atomic E-state index is 10.5. The molecule has 0 spiro atoms. The normalized spacial score (nSPS) is 13.0. The summed E-state index contributed by atoms with van der Waals surface area (Å²) in [5, 5.41) is 12.2. The fourth-order valence-corrected chi connectivity index (χ4v) is 3.91. The summed E-state index contributed by atoms with van der Waals surface area (Å²) < 4.78 is 6.27. The number of nitrogens with zero attached hydrogens (tertiary/aromatic N) is 2. The van der Waals surface area contributed by atoms with Gasteiger partial charge in [0.15, 0.2) is 0 Å². The van der Waals surface area contributed by atoms with Crippen molar-refractivity contribution in [1.82, 2.24) is 9.88 Å². The van der Waals surface area contributed by atoms with E-state index in [-0.39, 0.29) is 5.76 Å². The standard InChI is InChI=1S/C26H31ClN2O2/c1-16-14-22-21(13-12-20(28-22)15-29(6)7)24(18-8-10-19(27)11-9-18)23(16)25(17(2)30)31-26(3,4)5/h8-14,25,30H,2,15H2,1,3-7H3/t25-/m1/s1. The highest BCUT2D eigenvalue weighted by atomic mass is 35.5. The fourth-order valence-electron chi connectivity index (χ4n) is 3.79. The molecule has 0 aliphatic rings. The molecular weight excluding hydrogens is 408 g/mol. The molecule has 4 nitrogen and oxygen atoms in total. The van der Waals surface area contributed by atoms with E-state index in [2.05, 4.69) is 23.6 Å². The Kier molecular flexibility index (Phi) is 6.75. The lowest BCUT2D eigenvalue weighted by Crippen LogP contribution is -2.24. The molecule has 5 heteroatoms. The third-order valence-corrected chi connectivity index (χ3v) is 5.20. The second kappa shape index (κ2) is 8.99. The van der Waals surface area contributed by atoms with Crippen molar-refractivity contribution in [3.05, 3.63) is 76.6 Å². The Morgan fingerprint density at radius 1 is 1.16 bits per heavy atom. The summed E-state index contributed by atoms with van der Waals surface area (Å²) in [5.41, 5.74) is 5.27. The Bertz CT molecular complexity index is 1100. The summed E-state index contributed by atoms with van der Waals surface area (Å²) in [6.07, 6.45) is -0.670. The van der Waals surface area contributed by atoms with Gasteiger partial charge >= 0.3 is 0 Å². The molecule has 3 aromatic rings. The van der Waals surface area contributed by atoms with Crippen LogP contribution in [0.15, 0.2) is 54.8 Å². The van der Waals surface area contributed by atoms with E-state index in [1.165, 1.54) is 0 Å². The Morgan fingerprint density at radius 2 is 1.81 bits per heavy atom. The van der Waals surface area contributed by atoms with Crippen LogP contribution in [0.5, 0.6) is 0 Å². The highest BCUT2D eigenvalue weighted by molar-refractivity contribution is 6.30. The van der Waals surface area contributed by atoms with E-state index in [0.717, 1.165) is 45.4 Å². The van der Waals surface area contributed by atoms with Crippen LogP contribution >= 0.6 is 11.6 Å². The molecule has 0 amide bonds. The first-order chi connectivity index (χ1) is 14.5. The molecule has 2 aromatic carbocycles. The summed E-state index contributed by atoms with van der Waals surface area (Å²) in [4.78, 5) is 7.00. The number of fused-ring (bicyclic) bond motifs is 1. The lowest BCUT2D eigenvalue weighted by molar-refractivity contribution is -0.0594. The van der Waals surface area contributed by atoms with Gasteiger partial charge in [0.2, 0.25) is 0 Å². The van der Waals surface area contributed by atoms with Crippen LogP contribution in [0.3, 0.4) is 0 Å². The summed E-state index contributed by atoms with van der Waals surface area (Å²) in [6, 6.07) is 13.9. The number of ether oxygens (including phenoxy) is 1. The molecule has 3 rings (SSSR count). The molecule has 0 bridgehead atoms. The third-order valence-electron chi connectivity index (χ3n) is 4.95. The van der Waals surface area contributed by atoms with Gasteiger partial charge in [-0.25, -0.2) is 0 Å². The molecule has 164 valence electrons. The van der Waals surface area contributed by atoms with E-state index in [4.69, 9.17) is 21.3 Å². The number of rotatable bonds is 6. The van der Waals surface area contributed by atoms with Gasteiger partial charge in [0.25, 0.3) is 0 Å². The summed E-state index contributed by atoms with van der Waals surface area (Å²) >= 11 is 6.16. The van der Waals surface area contributed by atoms with Crippen molar-refractivity contribution in [3.8, 4) is 11.1 Å². The third kappa shape index (κ3) is 5.45. The maximum Gasteiger partial charge on any atom is 0.140 e. The van der Waals surface area contributed by atoms with Gasteiger partial charge in [-0.15, -0.1) is 0 Å².